The number of primary amides is 1. The molecule has 5 heterocycles. The van der Waals surface area contributed by atoms with Crippen LogP contribution in [0, 0.1) is 18.3 Å². The lowest BCUT2D eigenvalue weighted by Gasteiger charge is -2.34. The third-order valence-corrected chi connectivity index (χ3v) is 10.5. The summed E-state index contributed by atoms with van der Waals surface area (Å²) in [5.41, 5.74) is 9.47. The van der Waals surface area contributed by atoms with Crippen LogP contribution in [0.3, 0.4) is 0 Å². The van der Waals surface area contributed by atoms with Gasteiger partial charge in [0.15, 0.2) is 0 Å². The highest BCUT2D eigenvalue weighted by Gasteiger charge is 2.30. The molecule has 0 aliphatic carbocycles. The van der Waals surface area contributed by atoms with Gasteiger partial charge in [-0.2, -0.15) is 23.4 Å². The van der Waals surface area contributed by atoms with Crippen LogP contribution in [0.5, 0.6) is 0 Å². The fourth-order valence-corrected chi connectivity index (χ4v) is 7.87. The van der Waals surface area contributed by atoms with Crippen LogP contribution < -0.4 is 16.4 Å². The summed E-state index contributed by atoms with van der Waals surface area (Å²) in [4.78, 5) is 27.8. The maximum atomic E-state index is 13.1. The van der Waals surface area contributed by atoms with Crippen molar-refractivity contribution in [2.24, 2.45) is 5.73 Å². The van der Waals surface area contributed by atoms with E-state index in [1.165, 1.54) is 11.1 Å². The molecule has 11 nitrogen and oxygen atoms in total. The van der Waals surface area contributed by atoms with Crippen molar-refractivity contribution in [2.75, 3.05) is 70.0 Å². The number of nitrogens with two attached hydrogens (primary N) is 1. The van der Waals surface area contributed by atoms with Crippen LogP contribution in [0.1, 0.15) is 34.5 Å². The summed E-state index contributed by atoms with van der Waals surface area (Å²) < 4.78 is 41.3. The molecule has 2 fully saturated rings. The molecule has 0 spiro atoms. The first kappa shape index (κ1) is 33.9. The molecule has 0 bridgehead atoms. The van der Waals surface area contributed by atoms with Crippen LogP contribution in [0.4, 0.5) is 24.9 Å². The quantitative estimate of drug-likeness (QED) is 0.214. The van der Waals surface area contributed by atoms with E-state index in [9.17, 15) is 23.2 Å². The van der Waals surface area contributed by atoms with E-state index >= 15 is 0 Å². The highest BCUT2D eigenvalue weighted by molar-refractivity contribution is 7.18. The number of anilines is 2. The lowest BCUT2D eigenvalue weighted by atomic mass is 10.0. The van der Waals surface area contributed by atoms with E-state index in [2.05, 4.69) is 65.0 Å². The number of piperazine rings is 1. The molecule has 1 aromatic carbocycles. The number of nitriles is 1. The number of halogens is 3. The van der Waals surface area contributed by atoms with Crippen LogP contribution in [-0.2, 0) is 24.3 Å². The Morgan fingerprint density at radius 1 is 1.04 bits per heavy atom. The summed E-state index contributed by atoms with van der Waals surface area (Å²) in [6.07, 6.45) is -3.52. The monoisotopic (exact) mass is 682 g/mol. The Balaban J connectivity index is 1.07. The summed E-state index contributed by atoms with van der Waals surface area (Å²) in [6, 6.07) is 10.4. The Bertz CT molecular complexity index is 1810. The molecule has 48 heavy (non-hydrogen) atoms. The number of hydrogen-bond donors (Lipinski definition) is 3. The Hall–Kier alpha value is -3.97. The molecule has 6 rings (SSSR count). The van der Waals surface area contributed by atoms with E-state index in [1.54, 1.807) is 13.1 Å². The minimum Gasteiger partial charge on any atom is -0.369 e. The zero-order chi connectivity index (χ0) is 34.0. The number of nitrogens with one attached hydrogen (secondary N) is 2. The third-order valence-electron chi connectivity index (χ3n) is 9.43. The van der Waals surface area contributed by atoms with E-state index in [0.717, 1.165) is 87.4 Å². The average molecular weight is 683 g/mol. The molecule has 1 amide bonds. The molecule has 2 saturated heterocycles. The van der Waals surface area contributed by atoms with Gasteiger partial charge < -0.3 is 20.9 Å². The van der Waals surface area contributed by atoms with Gasteiger partial charge >= 0.3 is 6.18 Å². The van der Waals surface area contributed by atoms with Crippen LogP contribution in [0.15, 0.2) is 24.3 Å². The Morgan fingerprint density at radius 3 is 2.44 bits per heavy atom. The minimum atomic E-state index is -4.28. The predicted octanol–water partition coefficient (Wildman–Crippen LogP) is 4.15. The fourth-order valence-electron chi connectivity index (χ4n) is 6.81. The second-order valence-electron chi connectivity index (χ2n) is 12.7. The zero-order valence-electron chi connectivity index (χ0n) is 27.2. The van der Waals surface area contributed by atoms with E-state index in [0.29, 0.717) is 40.8 Å². The maximum absolute atomic E-state index is 13.1. The highest BCUT2D eigenvalue weighted by Crippen LogP contribution is 2.35. The number of thiophene rings is 1. The number of rotatable bonds is 11. The summed E-state index contributed by atoms with van der Waals surface area (Å²) in [5, 5.41) is 18.1. The van der Waals surface area contributed by atoms with Crippen LogP contribution >= 0.6 is 11.3 Å². The van der Waals surface area contributed by atoms with Crippen molar-refractivity contribution >= 4 is 50.1 Å². The van der Waals surface area contributed by atoms with E-state index in [4.69, 9.17) is 5.73 Å². The fraction of sp³-hybridized carbons (Fsp3) is 0.515. The Kier molecular flexibility index (Phi) is 10.1. The number of likely N-dealkylation sites (tertiary alicyclic amines) is 1. The van der Waals surface area contributed by atoms with Gasteiger partial charge in [0.25, 0.3) is 0 Å². The van der Waals surface area contributed by atoms with Crippen molar-refractivity contribution < 1.29 is 18.0 Å². The largest absolute Gasteiger partial charge is 0.393 e. The number of aryl methyl sites for hydroxylation is 1. The minimum absolute atomic E-state index is 0.136. The van der Waals surface area contributed by atoms with Gasteiger partial charge in [-0.1, -0.05) is 6.07 Å². The number of amides is 1. The van der Waals surface area contributed by atoms with Gasteiger partial charge in [-0.25, -0.2) is 4.98 Å². The molecular weight excluding hydrogens is 641 g/mol. The van der Waals surface area contributed by atoms with Gasteiger partial charge in [-0.05, 0) is 49.1 Å². The topological polar surface area (TPSA) is 131 Å². The van der Waals surface area contributed by atoms with Gasteiger partial charge in [0.2, 0.25) is 11.9 Å². The molecule has 15 heteroatoms. The molecule has 4 aromatic rings. The van der Waals surface area contributed by atoms with E-state index in [1.807, 2.05) is 6.07 Å². The van der Waals surface area contributed by atoms with Crippen LogP contribution in [-0.4, -0.2) is 107 Å². The molecule has 0 radical (unpaired) electrons. The molecule has 4 N–H and O–H groups in total. The smallest absolute Gasteiger partial charge is 0.369 e. The van der Waals surface area contributed by atoms with Crippen LogP contribution in [0.25, 0.3) is 21.1 Å². The molecule has 2 aliphatic rings. The van der Waals surface area contributed by atoms with Gasteiger partial charge in [-0.3, -0.25) is 19.5 Å². The van der Waals surface area contributed by atoms with Crippen molar-refractivity contribution in [3.05, 3.63) is 46.0 Å². The first-order chi connectivity index (χ1) is 23.0. The molecule has 2 aliphatic heterocycles. The molecule has 3 aromatic heterocycles. The van der Waals surface area contributed by atoms with Crippen molar-refractivity contribution in [3.63, 3.8) is 0 Å². The SMILES string of the molecule is CNc1nc(NC2CCN(Cc3ccc4c(cc(C#N)n4CCN4CCN(CC(N)=O)CC4)c3C)CC2)c2cc(CC(F)(F)F)sc2n1. The normalized spacial score (nSPS) is 17.2. The number of hydrogen-bond acceptors (Lipinski definition) is 10. The third kappa shape index (κ3) is 7.84. The second kappa shape index (κ2) is 14.3. The molecule has 0 saturated carbocycles. The number of carbonyl (C=O) groups excluding carboxylic acids is 1. The first-order valence-corrected chi connectivity index (χ1v) is 17.1. The zero-order valence-corrected chi connectivity index (χ0v) is 28.1. The average Bonchev–Trinajstić information content (AvgIpc) is 3.62. The van der Waals surface area contributed by atoms with Crippen LogP contribution in [0.2, 0.25) is 0 Å². The molecule has 0 atom stereocenters. The van der Waals surface area contributed by atoms with E-state index in [-0.39, 0.29) is 16.8 Å². The van der Waals surface area contributed by atoms with Gasteiger partial charge in [0.1, 0.15) is 22.4 Å². The van der Waals surface area contributed by atoms with Gasteiger partial charge in [0, 0.05) is 87.8 Å². The number of benzene rings is 1. The number of carbonyl (C=O) groups is 1. The number of alkyl halides is 3. The van der Waals surface area contributed by atoms with Crippen molar-refractivity contribution in [3.8, 4) is 6.07 Å². The Morgan fingerprint density at radius 2 is 1.77 bits per heavy atom. The van der Waals surface area contributed by atoms with Crippen molar-refractivity contribution in [1.29, 1.82) is 5.26 Å². The molecule has 256 valence electrons. The number of piperidine rings is 1. The molecular formula is C33H41F3N10OS. The van der Waals surface area contributed by atoms with Crippen molar-refractivity contribution in [2.45, 2.75) is 51.5 Å². The van der Waals surface area contributed by atoms with E-state index < -0.39 is 12.6 Å². The Labute approximate surface area is 281 Å². The number of fused-ring (bicyclic) bond motifs is 2. The summed E-state index contributed by atoms with van der Waals surface area (Å²) in [5.74, 6) is 0.643. The van der Waals surface area contributed by atoms with Gasteiger partial charge in [-0.15, -0.1) is 11.3 Å². The summed E-state index contributed by atoms with van der Waals surface area (Å²) in [7, 11) is 1.70. The molecule has 0 unspecified atom stereocenters. The lowest BCUT2D eigenvalue weighted by Crippen LogP contribution is -2.49. The standard InChI is InChI=1S/C33H41F3N10OS/c1-21-22(3-4-28-26(21)15-24(18-37)46(28)14-13-43-9-11-45(12-10-43)20-29(38)47)19-44-7-5-23(6-8-44)40-30-27-16-25(17-33(34,35)36)48-31(27)42-32(39-2)41-30/h3-4,15-16,23H,5-14,17,19-20H2,1-2H3,(H2,38,47)(H2,39,40,41,42). The highest BCUT2D eigenvalue weighted by atomic mass is 32.1. The maximum Gasteiger partial charge on any atom is 0.393 e. The van der Waals surface area contributed by atoms with Crippen molar-refractivity contribution in [1.82, 2.24) is 29.2 Å². The summed E-state index contributed by atoms with van der Waals surface area (Å²) >= 11 is 1.05. The first-order valence-electron chi connectivity index (χ1n) is 16.3. The number of aromatic nitrogens is 3. The number of nitrogens with zero attached hydrogens (tertiary/aromatic N) is 7. The second-order valence-corrected chi connectivity index (χ2v) is 13.8. The lowest BCUT2D eigenvalue weighted by molar-refractivity contribution is -0.126. The predicted molar refractivity (Wildman–Crippen MR) is 182 cm³/mol. The van der Waals surface area contributed by atoms with Gasteiger partial charge in [0.05, 0.1) is 18.4 Å². The summed E-state index contributed by atoms with van der Waals surface area (Å²) in [6.45, 7) is 9.82.